The second kappa shape index (κ2) is 9.80. The number of carbonyl (C=O) groups is 2. The number of nitrogens with one attached hydrogen (secondary N) is 1. The molecule has 8 heteroatoms. The van der Waals surface area contributed by atoms with Gasteiger partial charge in [-0.05, 0) is 30.7 Å². The van der Waals surface area contributed by atoms with Crippen LogP contribution in [0.1, 0.15) is 27.4 Å². The molecule has 28 heavy (non-hydrogen) atoms. The van der Waals surface area contributed by atoms with Gasteiger partial charge in [0.2, 0.25) is 0 Å². The fourth-order valence-electron chi connectivity index (χ4n) is 3.03. The molecule has 0 atom stereocenters. The predicted molar refractivity (Wildman–Crippen MR) is 105 cm³/mol. The SMILES string of the molecule is COCCCNC(=O)c1cccc(C(=O)N2CCN(c3ccccn3)CC2)n1. The van der Waals surface area contributed by atoms with E-state index in [-0.39, 0.29) is 23.2 Å². The van der Waals surface area contributed by atoms with Crippen molar-refractivity contribution in [3.8, 4) is 0 Å². The van der Waals surface area contributed by atoms with Gasteiger partial charge in [-0.15, -0.1) is 0 Å². The Balaban J connectivity index is 1.57. The lowest BCUT2D eigenvalue weighted by Crippen LogP contribution is -2.49. The third-order valence-electron chi connectivity index (χ3n) is 4.55. The van der Waals surface area contributed by atoms with Crippen LogP contribution in [-0.2, 0) is 4.74 Å². The van der Waals surface area contributed by atoms with Gasteiger partial charge in [0.15, 0.2) is 0 Å². The maximum Gasteiger partial charge on any atom is 0.272 e. The van der Waals surface area contributed by atoms with Crippen LogP contribution >= 0.6 is 0 Å². The minimum absolute atomic E-state index is 0.158. The Hall–Kier alpha value is -3.00. The fourth-order valence-corrected chi connectivity index (χ4v) is 3.03. The van der Waals surface area contributed by atoms with Crippen molar-refractivity contribution < 1.29 is 14.3 Å². The van der Waals surface area contributed by atoms with Crippen LogP contribution in [0.5, 0.6) is 0 Å². The van der Waals surface area contributed by atoms with E-state index >= 15 is 0 Å². The average Bonchev–Trinajstić information content (AvgIpc) is 2.77. The molecule has 0 spiro atoms. The molecule has 2 aromatic rings. The number of pyridine rings is 2. The molecule has 8 nitrogen and oxygen atoms in total. The van der Waals surface area contributed by atoms with Crippen LogP contribution in [0.3, 0.4) is 0 Å². The van der Waals surface area contributed by atoms with E-state index in [0.29, 0.717) is 39.3 Å². The molecule has 1 N–H and O–H groups in total. The van der Waals surface area contributed by atoms with Crippen LogP contribution in [0.15, 0.2) is 42.6 Å². The van der Waals surface area contributed by atoms with E-state index in [0.717, 1.165) is 12.2 Å². The van der Waals surface area contributed by atoms with Gasteiger partial charge in [-0.3, -0.25) is 9.59 Å². The monoisotopic (exact) mass is 383 g/mol. The summed E-state index contributed by atoms with van der Waals surface area (Å²) >= 11 is 0. The lowest BCUT2D eigenvalue weighted by molar-refractivity contribution is 0.0740. The summed E-state index contributed by atoms with van der Waals surface area (Å²) in [6.07, 6.45) is 2.49. The first-order valence-corrected chi connectivity index (χ1v) is 9.38. The quantitative estimate of drug-likeness (QED) is 0.723. The topological polar surface area (TPSA) is 87.7 Å². The molecule has 2 aromatic heterocycles. The molecule has 3 rings (SSSR count). The zero-order chi connectivity index (χ0) is 19.8. The molecule has 0 aromatic carbocycles. The number of amides is 2. The summed E-state index contributed by atoms with van der Waals surface area (Å²) < 4.78 is 4.96. The number of ether oxygens (including phenoxy) is 1. The molecule has 1 aliphatic heterocycles. The van der Waals surface area contributed by atoms with E-state index < -0.39 is 0 Å². The number of rotatable bonds is 7. The summed E-state index contributed by atoms with van der Waals surface area (Å²) in [5.41, 5.74) is 0.534. The van der Waals surface area contributed by atoms with Crippen LogP contribution in [0.2, 0.25) is 0 Å². The number of anilines is 1. The first-order chi connectivity index (χ1) is 13.7. The highest BCUT2D eigenvalue weighted by Crippen LogP contribution is 2.14. The van der Waals surface area contributed by atoms with Crippen molar-refractivity contribution in [1.29, 1.82) is 0 Å². The van der Waals surface area contributed by atoms with Gasteiger partial charge in [0.1, 0.15) is 17.2 Å². The predicted octanol–water partition coefficient (Wildman–Crippen LogP) is 1.21. The highest BCUT2D eigenvalue weighted by atomic mass is 16.5. The maximum atomic E-state index is 12.8. The smallest absolute Gasteiger partial charge is 0.272 e. The summed E-state index contributed by atoms with van der Waals surface area (Å²) in [5, 5.41) is 2.78. The molecular weight excluding hydrogens is 358 g/mol. The number of hydrogen-bond acceptors (Lipinski definition) is 6. The minimum Gasteiger partial charge on any atom is -0.385 e. The first kappa shape index (κ1) is 19.8. The molecule has 0 saturated carbocycles. The van der Waals surface area contributed by atoms with Gasteiger partial charge in [0.05, 0.1) is 0 Å². The third kappa shape index (κ3) is 5.04. The van der Waals surface area contributed by atoms with Crippen molar-refractivity contribution in [1.82, 2.24) is 20.2 Å². The second-order valence-corrected chi connectivity index (χ2v) is 6.48. The van der Waals surface area contributed by atoms with Gasteiger partial charge >= 0.3 is 0 Å². The first-order valence-electron chi connectivity index (χ1n) is 9.38. The van der Waals surface area contributed by atoms with Crippen molar-refractivity contribution in [2.45, 2.75) is 6.42 Å². The minimum atomic E-state index is -0.286. The van der Waals surface area contributed by atoms with Crippen molar-refractivity contribution in [2.24, 2.45) is 0 Å². The van der Waals surface area contributed by atoms with Gasteiger partial charge in [-0.1, -0.05) is 12.1 Å². The zero-order valence-corrected chi connectivity index (χ0v) is 16.0. The summed E-state index contributed by atoms with van der Waals surface area (Å²) in [7, 11) is 1.62. The molecule has 1 fully saturated rings. The number of aromatic nitrogens is 2. The van der Waals surface area contributed by atoms with Crippen molar-refractivity contribution in [3.63, 3.8) is 0 Å². The zero-order valence-electron chi connectivity index (χ0n) is 16.0. The van der Waals surface area contributed by atoms with E-state index in [4.69, 9.17) is 4.74 Å². The Morgan fingerprint density at radius 1 is 1.07 bits per heavy atom. The molecule has 3 heterocycles. The molecule has 0 unspecified atom stereocenters. The summed E-state index contributed by atoms with van der Waals surface area (Å²) in [4.78, 5) is 37.5. The molecule has 0 bridgehead atoms. The summed E-state index contributed by atoms with van der Waals surface area (Å²) in [6.45, 7) is 3.68. The van der Waals surface area contributed by atoms with Crippen LogP contribution in [-0.4, -0.2) is 73.1 Å². The maximum absolute atomic E-state index is 12.8. The summed E-state index contributed by atoms with van der Waals surface area (Å²) in [5.74, 6) is 0.472. The van der Waals surface area contributed by atoms with Gasteiger partial charge in [-0.2, -0.15) is 0 Å². The molecule has 1 saturated heterocycles. The number of piperazine rings is 1. The Kier molecular flexibility index (Phi) is 6.91. The molecule has 148 valence electrons. The fraction of sp³-hybridized carbons (Fsp3) is 0.400. The molecule has 2 amide bonds. The van der Waals surface area contributed by atoms with Gasteiger partial charge in [0, 0.05) is 52.6 Å². The van der Waals surface area contributed by atoms with E-state index in [1.807, 2.05) is 18.2 Å². The molecule has 0 aliphatic carbocycles. The van der Waals surface area contributed by atoms with Crippen molar-refractivity contribution in [2.75, 3.05) is 51.3 Å². The lowest BCUT2D eigenvalue weighted by Gasteiger charge is -2.35. The van der Waals surface area contributed by atoms with Crippen LogP contribution in [0.25, 0.3) is 0 Å². The van der Waals surface area contributed by atoms with E-state index in [1.165, 1.54) is 0 Å². The van der Waals surface area contributed by atoms with Crippen LogP contribution in [0.4, 0.5) is 5.82 Å². The second-order valence-electron chi connectivity index (χ2n) is 6.48. The lowest BCUT2D eigenvalue weighted by atomic mass is 10.2. The van der Waals surface area contributed by atoms with Crippen LogP contribution < -0.4 is 10.2 Å². The largest absolute Gasteiger partial charge is 0.385 e. The highest BCUT2D eigenvalue weighted by molar-refractivity contribution is 5.96. The van der Waals surface area contributed by atoms with Crippen molar-refractivity contribution >= 4 is 17.6 Å². The number of carbonyl (C=O) groups excluding carboxylic acids is 2. The van der Waals surface area contributed by atoms with Gasteiger partial charge in [-0.25, -0.2) is 9.97 Å². The van der Waals surface area contributed by atoms with E-state index in [2.05, 4.69) is 20.2 Å². The highest BCUT2D eigenvalue weighted by Gasteiger charge is 2.24. The van der Waals surface area contributed by atoms with E-state index in [1.54, 1.807) is 36.4 Å². The van der Waals surface area contributed by atoms with Crippen LogP contribution in [0, 0.1) is 0 Å². The average molecular weight is 383 g/mol. The molecular formula is C20H25N5O3. The molecule has 0 radical (unpaired) electrons. The van der Waals surface area contributed by atoms with Gasteiger partial charge < -0.3 is 19.9 Å². The Bertz CT molecular complexity index is 791. The Labute approximate surface area is 164 Å². The normalized spacial score (nSPS) is 14.0. The van der Waals surface area contributed by atoms with E-state index in [9.17, 15) is 9.59 Å². The number of methoxy groups -OCH3 is 1. The Morgan fingerprint density at radius 3 is 2.57 bits per heavy atom. The Morgan fingerprint density at radius 2 is 1.86 bits per heavy atom. The van der Waals surface area contributed by atoms with Gasteiger partial charge in [0.25, 0.3) is 11.8 Å². The summed E-state index contributed by atoms with van der Waals surface area (Å²) in [6, 6.07) is 10.8. The molecule has 1 aliphatic rings. The number of nitrogens with zero attached hydrogens (tertiary/aromatic N) is 4. The third-order valence-corrected chi connectivity index (χ3v) is 4.55. The standard InChI is InChI=1S/C20H25N5O3/c1-28-15-5-10-22-19(26)16-6-4-7-17(23-16)20(27)25-13-11-24(12-14-25)18-8-2-3-9-21-18/h2-4,6-9H,5,10-15H2,1H3,(H,22,26). The van der Waals surface area contributed by atoms with Crippen molar-refractivity contribution in [3.05, 3.63) is 54.0 Å². The number of hydrogen-bond donors (Lipinski definition) is 1.